The first-order valence-corrected chi connectivity index (χ1v) is 10.5. The van der Waals surface area contributed by atoms with Crippen molar-refractivity contribution in [3.05, 3.63) is 53.3 Å². The van der Waals surface area contributed by atoms with E-state index in [1.807, 2.05) is 0 Å². The summed E-state index contributed by atoms with van der Waals surface area (Å²) in [7, 11) is 0. The average molecular weight is 426 g/mol. The maximum Gasteiger partial charge on any atom is 0.400 e. The molecule has 6 heteroatoms. The van der Waals surface area contributed by atoms with Gasteiger partial charge in [-0.1, -0.05) is 44.0 Å². The van der Waals surface area contributed by atoms with Crippen molar-refractivity contribution in [1.29, 1.82) is 0 Å². The second kappa shape index (κ2) is 9.36. The van der Waals surface area contributed by atoms with Gasteiger partial charge in [-0.3, -0.25) is 0 Å². The first-order valence-electron chi connectivity index (χ1n) is 10.5. The number of ether oxygens (including phenoxy) is 1. The van der Waals surface area contributed by atoms with E-state index in [2.05, 4.69) is 6.92 Å². The van der Waals surface area contributed by atoms with Crippen LogP contribution in [0.25, 0.3) is 11.1 Å². The molecule has 0 spiro atoms. The van der Waals surface area contributed by atoms with Crippen LogP contribution in [0, 0.1) is 24.6 Å². The molecule has 0 aromatic heterocycles. The van der Waals surface area contributed by atoms with Crippen LogP contribution in [0.5, 0.6) is 5.75 Å². The number of halogens is 5. The highest BCUT2D eigenvalue weighted by molar-refractivity contribution is 5.66. The van der Waals surface area contributed by atoms with Gasteiger partial charge in [-0.2, -0.15) is 8.78 Å². The van der Waals surface area contributed by atoms with Crippen molar-refractivity contribution in [2.45, 2.75) is 64.9 Å². The fourth-order valence-electron chi connectivity index (χ4n) is 4.32. The Balaban J connectivity index is 1.71. The van der Waals surface area contributed by atoms with Gasteiger partial charge in [-0.15, -0.1) is 0 Å². The molecule has 3 rings (SSSR count). The van der Waals surface area contributed by atoms with Gasteiger partial charge >= 0.3 is 6.11 Å². The third-order valence-electron chi connectivity index (χ3n) is 6.05. The van der Waals surface area contributed by atoms with Crippen LogP contribution in [-0.4, -0.2) is 6.11 Å². The summed E-state index contributed by atoms with van der Waals surface area (Å²) in [5.74, 6) is -1.33. The van der Waals surface area contributed by atoms with E-state index in [4.69, 9.17) is 4.74 Å². The number of aryl methyl sites for hydroxylation is 1. The van der Waals surface area contributed by atoms with Crippen LogP contribution in [0.4, 0.5) is 22.0 Å². The Morgan fingerprint density at radius 2 is 1.63 bits per heavy atom. The van der Waals surface area contributed by atoms with Crippen LogP contribution >= 0.6 is 0 Å². The molecule has 1 aliphatic rings. The van der Waals surface area contributed by atoms with E-state index in [1.165, 1.54) is 43.3 Å². The minimum atomic E-state index is -3.28. The van der Waals surface area contributed by atoms with Crippen molar-refractivity contribution in [3.8, 4) is 16.9 Å². The van der Waals surface area contributed by atoms with E-state index in [9.17, 15) is 22.0 Å². The lowest BCUT2D eigenvalue weighted by Gasteiger charge is -2.33. The Labute approximate surface area is 174 Å². The molecule has 0 heterocycles. The molecule has 1 saturated carbocycles. The van der Waals surface area contributed by atoms with Gasteiger partial charge in [-0.05, 0) is 61.8 Å². The predicted octanol–water partition coefficient (Wildman–Crippen LogP) is 8.32. The van der Waals surface area contributed by atoms with Crippen molar-refractivity contribution in [2.75, 3.05) is 0 Å². The maximum absolute atomic E-state index is 14.6. The second-order valence-corrected chi connectivity index (χ2v) is 8.15. The Kier molecular flexibility index (Phi) is 7.04. The van der Waals surface area contributed by atoms with Crippen LogP contribution in [-0.2, 0) is 0 Å². The van der Waals surface area contributed by atoms with Crippen LogP contribution in [0.15, 0.2) is 36.4 Å². The third kappa shape index (κ3) is 4.96. The molecular formula is C24H27F5O. The minimum Gasteiger partial charge on any atom is -0.432 e. The topological polar surface area (TPSA) is 9.23 Å². The van der Waals surface area contributed by atoms with Gasteiger partial charge in [0.25, 0.3) is 6.43 Å². The van der Waals surface area contributed by atoms with Crippen molar-refractivity contribution >= 4 is 0 Å². The van der Waals surface area contributed by atoms with E-state index in [-0.39, 0.29) is 16.9 Å². The largest absolute Gasteiger partial charge is 0.432 e. The first kappa shape index (κ1) is 22.6. The number of alkyl halides is 4. The lowest BCUT2D eigenvalue weighted by Crippen LogP contribution is -2.37. The molecule has 2 aromatic rings. The second-order valence-electron chi connectivity index (χ2n) is 8.15. The van der Waals surface area contributed by atoms with Gasteiger partial charge in [0.1, 0.15) is 11.6 Å². The van der Waals surface area contributed by atoms with Crippen molar-refractivity contribution in [2.24, 2.45) is 11.8 Å². The van der Waals surface area contributed by atoms with Gasteiger partial charge < -0.3 is 4.74 Å². The molecule has 0 unspecified atom stereocenters. The van der Waals surface area contributed by atoms with Crippen molar-refractivity contribution < 1.29 is 26.7 Å². The van der Waals surface area contributed by atoms with Crippen LogP contribution in [0.2, 0.25) is 0 Å². The van der Waals surface area contributed by atoms with Crippen LogP contribution in [0.1, 0.15) is 63.0 Å². The zero-order chi connectivity index (χ0) is 21.9. The lowest BCUT2D eigenvalue weighted by atomic mass is 9.79. The fourth-order valence-corrected chi connectivity index (χ4v) is 4.32. The molecule has 2 aromatic carbocycles. The summed E-state index contributed by atoms with van der Waals surface area (Å²) >= 11 is 0. The molecule has 1 nitrogen and oxygen atoms in total. The standard InChI is InChI=1S/C24H27F5O/c1-3-4-16-6-10-18(11-7-16)24(28,29)30-19-12-8-17(9-13-19)20-14-5-15(2)21(22(20)25)23(26)27/h5,8-9,12-14,16,18,23H,3-4,6-7,10-11H2,1-2H3. The summed E-state index contributed by atoms with van der Waals surface area (Å²) in [6.45, 7) is 3.52. The van der Waals surface area contributed by atoms with E-state index in [0.29, 0.717) is 24.3 Å². The average Bonchev–Trinajstić information content (AvgIpc) is 2.69. The van der Waals surface area contributed by atoms with Crippen LogP contribution in [0.3, 0.4) is 0 Å². The number of hydrogen-bond donors (Lipinski definition) is 0. The summed E-state index contributed by atoms with van der Waals surface area (Å²) in [5.41, 5.74) is -0.147. The summed E-state index contributed by atoms with van der Waals surface area (Å²) in [4.78, 5) is 0. The predicted molar refractivity (Wildman–Crippen MR) is 107 cm³/mol. The monoisotopic (exact) mass is 426 g/mol. The van der Waals surface area contributed by atoms with Crippen molar-refractivity contribution in [3.63, 3.8) is 0 Å². The molecule has 0 bridgehead atoms. The summed E-state index contributed by atoms with van der Waals surface area (Å²) in [5, 5.41) is 0. The summed E-state index contributed by atoms with van der Waals surface area (Å²) in [6.07, 6.45) is -1.64. The fraction of sp³-hybridized carbons (Fsp3) is 0.500. The van der Waals surface area contributed by atoms with Gasteiger partial charge in [0, 0.05) is 5.56 Å². The highest BCUT2D eigenvalue weighted by atomic mass is 19.3. The summed E-state index contributed by atoms with van der Waals surface area (Å²) in [6, 6.07) is 8.31. The van der Waals surface area contributed by atoms with Gasteiger partial charge in [0.15, 0.2) is 0 Å². The Hall–Kier alpha value is -2.11. The highest BCUT2D eigenvalue weighted by Gasteiger charge is 2.43. The molecule has 0 amide bonds. The smallest absolute Gasteiger partial charge is 0.400 e. The Morgan fingerprint density at radius 3 is 2.20 bits per heavy atom. The molecule has 1 aliphatic carbocycles. The lowest BCUT2D eigenvalue weighted by molar-refractivity contribution is -0.223. The molecule has 0 atom stereocenters. The summed E-state index contributed by atoms with van der Waals surface area (Å²) < 4.78 is 75.0. The van der Waals surface area contributed by atoms with Crippen LogP contribution < -0.4 is 4.74 Å². The van der Waals surface area contributed by atoms with Gasteiger partial charge in [-0.25, -0.2) is 13.2 Å². The third-order valence-corrected chi connectivity index (χ3v) is 6.05. The van der Waals surface area contributed by atoms with E-state index >= 15 is 0 Å². The molecule has 30 heavy (non-hydrogen) atoms. The number of hydrogen-bond acceptors (Lipinski definition) is 1. The molecular weight excluding hydrogens is 399 g/mol. The quantitative estimate of drug-likeness (QED) is 0.405. The zero-order valence-corrected chi connectivity index (χ0v) is 17.2. The zero-order valence-electron chi connectivity index (χ0n) is 17.2. The number of rotatable bonds is 7. The maximum atomic E-state index is 14.6. The molecule has 0 aliphatic heterocycles. The highest BCUT2D eigenvalue weighted by Crippen LogP contribution is 2.41. The first-order chi connectivity index (χ1) is 14.2. The Bertz CT molecular complexity index is 839. The normalized spacial score (nSPS) is 19.9. The number of benzene rings is 2. The van der Waals surface area contributed by atoms with Gasteiger partial charge in [0.05, 0.1) is 11.5 Å². The molecule has 0 radical (unpaired) electrons. The Morgan fingerprint density at radius 1 is 1.00 bits per heavy atom. The van der Waals surface area contributed by atoms with E-state index < -0.39 is 29.8 Å². The molecule has 164 valence electrons. The molecule has 0 saturated heterocycles. The minimum absolute atomic E-state index is 0.00320. The molecule has 0 N–H and O–H groups in total. The molecule has 1 fully saturated rings. The van der Waals surface area contributed by atoms with Gasteiger partial charge in [0.2, 0.25) is 0 Å². The van der Waals surface area contributed by atoms with E-state index in [1.54, 1.807) is 0 Å². The van der Waals surface area contributed by atoms with Crippen molar-refractivity contribution in [1.82, 2.24) is 0 Å². The van der Waals surface area contributed by atoms with E-state index in [0.717, 1.165) is 25.7 Å². The SMILES string of the molecule is CCCC1CCC(C(F)(F)Oc2ccc(-c3ccc(C)c(C(F)F)c3F)cc2)CC1.